The smallest absolute Gasteiger partial charge is 0.301 e. The molecule has 3 aromatic carbocycles. The number of amides is 1. The number of aliphatic hydroxyl groups excluding tert-OH is 1. The summed E-state index contributed by atoms with van der Waals surface area (Å²) in [5.41, 5.74) is 2.47. The summed E-state index contributed by atoms with van der Waals surface area (Å²) in [5, 5.41) is 11.6. The van der Waals surface area contributed by atoms with Crippen molar-refractivity contribution in [1.29, 1.82) is 0 Å². The summed E-state index contributed by atoms with van der Waals surface area (Å²) >= 11 is 4.53. The largest absolute Gasteiger partial charge is 0.507 e. The number of hydrogen-bond acceptors (Lipinski definition) is 6. The van der Waals surface area contributed by atoms with Crippen LogP contribution in [-0.4, -0.2) is 27.9 Å². The minimum atomic E-state index is -0.910. The Hall–Kier alpha value is -3.56. The minimum absolute atomic E-state index is 0.0228. The Bertz CT molecular complexity index is 1600. The van der Waals surface area contributed by atoms with Gasteiger partial charge in [-0.3, -0.25) is 14.5 Å². The Morgan fingerprint density at radius 1 is 1.14 bits per heavy atom. The van der Waals surface area contributed by atoms with Gasteiger partial charge in [-0.15, -0.1) is 0 Å². The van der Waals surface area contributed by atoms with E-state index >= 15 is 0 Å². The maximum absolute atomic E-state index is 13.8. The summed E-state index contributed by atoms with van der Waals surface area (Å²) in [6, 6.07) is 15.7. The van der Waals surface area contributed by atoms with E-state index < -0.39 is 23.5 Å². The molecule has 2 aliphatic heterocycles. The van der Waals surface area contributed by atoms with Crippen molar-refractivity contribution in [2.45, 2.75) is 25.5 Å². The molecule has 3 heterocycles. The zero-order valence-corrected chi connectivity index (χ0v) is 21.3. The molecule has 1 amide bonds. The van der Waals surface area contributed by atoms with E-state index in [1.807, 2.05) is 6.92 Å². The number of thiazole rings is 1. The highest BCUT2D eigenvalue weighted by Crippen LogP contribution is 2.45. The Morgan fingerprint density at radius 2 is 1.92 bits per heavy atom. The van der Waals surface area contributed by atoms with Crippen LogP contribution in [0.25, 0.3) is 16.0 Å². The van der Waals surface area contributed by atoms with Crippen LogP contribution in [0.3, 0.4) is 0 Å². The molecular weight excluding hydrogens is 547 g/mol. The molecule has 1 fully saturated rings. The van der Waals surface area contributed by atoms with Crippen LogP contribution in [0.1, 0.15) is 29.7 Å². The molecule has 1 N–H and O–H groups in total. The first-order chi connectivity index (χ1) is 17.3. The van der Waals surface area contributed by atoms with E-state index in [-0.39, 0.29) is 22.6 Å². The Labute approximate surface area is 217 Å². The summed E-state index contributed by atoms with van der Waals surface area (Å²) in [6.45, 7) is 1.96. The predicted molar refractivity (Wildman–Crippen MR) is 139 cm³/mol. The molecule has 6 rings (SSSR count). The third-order valence-electron chi connectivity index (χ3n) is 6.34. The highest BCUT2D eigenvalue weighted by molar-refractivity contribution is 9.10. The SMILES string of the molecule is C[C@@H]1Cc2cc(/C(O)=C3\C(=O)C(=O)N(c4nc5ccc(F)cc5s4)[C@@H]3c3ccc(Br)cc3)ccc2O1. The minimum Gasteiger partial charge on any atom is -0.507 e. The summed E-state index contributed by atoms with van der Waals surface area (Å²) in [7, 11) is 0. The van der Waals surface area contributed by atoms with Crippen LogP contribution >= 0.6 is 27.3 Å². The fourth-order valence-electron chi connectivity index (χ4n) is 4.70. The number of carbonyl (C=O) groups excluding carboxylic acids is 2. The Morgan fingerprint density at radius 3 is 2.69 bits per heavy atom. The van der Waals surface area contributed by atoms with Crippen LogP contribution in [0.4, 0.5) is 9.52 Å². The summed E-state index contributed by atoms with van der Waals surface area (Å²) < 4.78 is 20.9. The van der Waals surface area contributed by atoms with Gasteiger partial charge in [0.25, 0.3) is 5.78 Å². The number of Topliss-reactive ketones (excluding diaryl/α,β-unsaturated/α-hetero) is 1. The Balaban J connectivity index is 1.53. The molecule has 6 nitrogen and oxygen atoms in total. The molecule has 180 valence electrons. The highest BCUT2D eigenvalue weighted by atomic mass is 79.9. The maximum Gasteiger partial charge on any atom is 0.301 e. The maximum atomic E-state index is 13.8. The lowest BCUT2D eigenvalue weighted by Gasteiger charge is -2.23. The van der Waals surface area contributed by atoms with Crippen LogP contribution < -0.4 is 9.64 Å². The number of fused-ring (bicyclic) bond motifs is 2. The third-order valence-corrected chi connectivity index (χ3v) is 7.89. The molecule has 36 heavy (non-hydrogen) atoms. The number of nitrogens with zero attached hydrogens (tertiary/aromatic N) is 2. The van der Waals surface area contributed by atoms with Crippen molar-refractivity contribution in [2.24, 2.45) is 0 Å². The lowest BCUT2D eigenvalue weighted by Crippen LogP contribution is -2.29. The van der Waals surface area contributed by atoms with Gasteiger partial charge in [-0.05, 0) is 66.6 Å². The summed E-state index contributed by atoms with van der Waals surface area (Å²) in [6.07, 6.45) is 0.707. The number of hydrogen-bond donors (Lipinski definition) is 1. The van der Waals surface area contributed by atoms with Crippen molar-refractivity contribution in [3.63, 3.8) is 0 Å². The van der Waals surface area contributed by atoms with Gasteiger partial charge in [-0.1, -0.05) is 39.4 Å². The topological polar surface area (TPSA) is 79.7 Å². The first-order valence-electron chi connectivity index (χ1n) is 11.2. The lowest BCUT2D eigenvalue weighted by atomic mass is 9.94. The molecule has 0 spiro atoms. The number of rotatable bonds is 3. The highest BCUT2D eigenvalue weighted by Gasteiger charge is 2.48. The van der Waals surface area contributed by atoms with E-state index in [2.05, 4.69) is 20.9 Å². The molecule has 0 bridgehead atoms. The quantitative estimate of drug-likeness (QED) is 0.183. The van der Waals surface area contributed by atoms with Gasteiger partial charge in [0.05, 0.1) is 21.8 Å². The first kappa shape index (κ1) is 22.9. The van der Waals surface area contributed by atoms with Crippen LogP contribution in [0.5, 0.6) is 5.75 Å². The first-order valence-corrected chi connectivity index (χ1v) is 12.8. The molecule has 9 heteroatoms. The second kappa shape index (κ2) is 8.53. The van der Waals surface area contributed by atoms with Crippen molar-refractivity contribution >= 4 is 60.1 Å². The molecule has 2 atom stereocenters. The predicted octanol–water partition coefficient (Wildman–Crippen LogP) is 6.15. The summed E-state index contributed by atoms with van der Waals surface area (Å²) in [4.78, 5) is 32.6. The number of benzene rings is 3. The molecule has 1 aromatic heterocycles. The van der Waals surface area contributed by atoms with Crippen molar-refractivity contribution < 1.29 is 23.8 Å². The van der Waals surface area contributed by atoms with Gasteiger partial charge < -0.3 is 9.84 Å². The molecule has 0 radical (unpaired) electrons. The van der Waals surface area contributed by atoms with E-state index in [0.29, 0.717) is 27.8 Å². The zero-order valence-electron chi connectivity index (χ0n) is 18.9. The fraction of sp³-hybridized carbons (Fsp3) is 0.148. The monoisotopic (exact) mass is 564 g/mol. The molecule has 0 saturated carbocycles. The van der Waals surface area contributed by atoms with Crippen molar-refractivity contribution in [1.82, 2.24) is 4.98 Å². The van der Waals surface area contributed by atoms with Gasteiger partial charge in [0.2, 0.25) is 0 Å². The normalized spacial score (nSPS) is 20.7. The lowest BCUT2D eigenvalue weighted by molar-refractivity contribution is -0.132. The molecule has 1 saturated heterocycles. The van der Waals surface area contributed by atoms with Gasteiger partial charge in [0.1, 0.15) is 23.4 Å². The van der Waals surface area contributed by atoms with E-state index in [1.165, 1.54) is 23.1 Å². The molecule has 2 aliphatic rings. The van der Waals surface area contributed by atoms with Gasteiger partial charge >= 0.3 is 5.91 Å². The number of halogens is 2. The molecule has 4 aromatic rings. The van der Waals surface area contributed by atoms with E-state index in [9.17, 15) is 19.1 Å². The van der Waals surface area contributed by atoms with Gasteiger partial charge in [-0.25, -0.2) is 9.37 Å². The average molecular weight is 565 g/mol. The van der Waals surface area contributed by atoms with E-state index in [0.717, 1.165) is 27.1 Å². The number of aromatic nitrogens is 1. The standard InChI is InChI=1S/C27H18BrFN2O4S/c1-13-10-16-11-15(4-9-20(16)35-13)24(32)22-23(14-2-5-17(28)6-3-14)31(26(34)25(22)33)27-30-19-8-7-18(29)12-21(19)36-27/h2-9,11-13,23,32H,10H2,1H3/b24-22+/t13-,23-/m1/s1. The summed E-state index contributed by atoms with van der Waals surface area (Å²) in [5.74, 6) is -1.55. The van der Waals surface area contributed by atoms with E-state index in [4.69, 9.17) is 4.74 Å². The van der Waals surface area contributed by atoms with Gasteiger partial charge in [0, 0.05) is 16.5 Å². The van der Waals surface area contributed by atoms with Gasteiger partial charge in [0.15, 0.2) is 5.13 Å². The number of ether oxygens (including phenoxy) is 1. The van der Waals surface area contributed by atoms with Crippen LogP contribution in [0, 0.1) is 5.82 Å². The van der Waals surface area contributed by atoms with Crippen molar-refractivity contribution in [3.8, 4) is 5.75 Å². The molecular formula is C27H18BrFN2O4S. The average Bonchev–Trinajstić information content (AvgIpc) is 3.51. The van der Waals surface area contributed by atoms with Crippen LogP contribution in [-0.2, 0) is 16.0 Å². The second-order valence-corrected chi connectivity index (χ2v) is 10.7. The van der Waals surface area contributed by atoms with Crippen LogP contribution in [0.2, 0.25) is 0 Å². The van der Waals surface area contributed by atoms with Crippen molar-refractivity contribution in [3.05, 3.63) is 93.2 Å². The Kier molecular flexibility index (Phi) is 5.42. The number of ketones is 1. The fourth-order valence-corrected chi connectivity index (χ4v) is 5.99. The van der Waals surface area contributed by atoms with E-state index in [1.54, 1.807) is 42.5 Å². The second-order valence-electron chi connectivity index (χ2n) is 8.78. The van der Waals surface area contributed by atoms with Crippen LogP contribution in [0.15, 0.2) is 70.7 Å². The molecule has 0 unspecified atom stereocenters. The third kappa shape index (κ3) is 3.70. The zero-order chi connectivity index (χ0) is 25.1. The van der Waals surface area contributed by atoms with Crippen molar-refractivity contribution in [2.75, 3.05) is 4.90 Å². The number of aliphatic hydroxyl groups is 1. The number of anilines is 1. The number of carbonyl (C=O) groups is 2. The molecule has 0 aliphatic carbocycles. The van der Waals surface area contributed by atoms with Gasteiger partial charge in [-0.2, -0.15) is 0 Å².